The van der Waals surface area contributed by atoms with Crippen molar-refractivity contribution in [2.24, 2.45) is 10.8 Å². The van der Waals surface area contributed by atoms with E-state index in [0.29, 0.717) is 16.4 Å². The third kappa shape index (κ3) is 4.61. The van der Waals surface area contributed by atoms with Gasteiger partial charge in [-0.15, -0.1) is 0 Å². The molecule has 4 aliphatic rings. The summed E-state index contributed by atoms with van der Waals surface area (Å²) in [5, 5.41) is 0. The van der Waals surface area contributed by atoms with Gasteiger partial charge in [0, 0.05) is 63.4 Å². The molecule has 4 saturated heterocycles. The molecule has 4 aliphatic heterocycles. The Balaban J connectivity index is 1.15. The molecule has 0 radical (unpaired) electrons. The minimum Gasteiger partial charge on any atom is -0.300 e. The van der Waals surface area contributed by atoms with Crippen LogP contribution in [0.5, 0.6) is 0 Å². The van der Waals surface area contributed by atoms with E-state index in [-0.39, 0.29) is 0 Å². The maximum atomic E-state index is 2.86. The largest absolute Gasteiger partial charge is 0.300 e. The van der Waals surface area contributed by atoms with Crippen LogP contribution in [-0.2, 0) is 0 Å². The fraction of sp³-hybridized carbons (Fsp3) is 1.00. The van der Waals surface area contributed by atoms with E-state index in [1.54, 1.807) is 0 Å². The summed E-state index contributed by atoms with van der Waals surface area (Å²) in [5.74, 6) is 0. The first-order valence-electron chi connectivity index (χ1n) is 12.0. The fourth-order valence-electron chi connectivity index (χ4n) is 6.11. The molecule has 0 saturated carbocycles. The highest BCUT2D eigenvalue weighted by atomic mass is 15.3. The molecule has 4 heteroatoms. The lowest BCUT2D eigenvalue weighted by Crippen LogP contribution is -2.66. The number of piperidine rings is 2. The second kappa shape index (κ2) is 7.51. The molecule has 0 aliphatic carbocycles. The van der Waals surface area contributed by atoms with Crippen LogP contribution in [0, 0.1) is 10.8 Å². The molecule has 0 unspecified atom stereocenters. The molecule has 0 amide bonds. The lowest BCUT2D eigenvalue weighted by Gasteiger charge is -2.59. The minimum atomic E-state index is 0.360. The summed E-state index contributed by atoms with van der Waals surface area (Å²) in [6.45, 7) is 26.1. The van der Waals surface area contributed by atoms with E-state index in [9.17, 15) is 0 Å². The molecule has 4 rings (SSSR count). The van der Waals surface area contributed by atoms with Gasteiger partial charge in [-0.1, -0.05) is 20.8 Å². The van der Waals surface area contributed by atoms with Gasteiger partial charge in [0.25, 0.3) is 0 Å². The van der Waals surface area contributed by atoms with E-state index in [0.717, 1.165) is 12.1 Å². The molecule has 0 aromatic heterocycles. The van der Waals surface area contributed by atoms with Gasteiger partial charge in [0.2, 0.25) is 0 Å². The van der Waals surface area contributed by atoms with Gasteiger partial charge in [-0.25, -0.2) is 0 Å². The Morgan fingerprint density at radius 3 is 1.79 bits per heavy atom. The zero-order valence-corrected chi connectivity index (χ0v) is 19.6. The second-order valence-corrected chi connectivity index (χ2v) is 12.7. The maximum absolute atomic E-state index is 2.86. The van der Waals surface area contributed by atoms with Crippen LogP contribution in [-0.4, -0.2) is 96.1 Å². The van der Waals surface area contributed by atoms with Crippen molar-refractivity contribution in [1.82, 2.24) is 19.6 Å². The summed E-state index contributed by atoms with van der Waals surface area (Å²) in [6, 6.07) is 1.70. The smallest absolute Gasteiger partial charge is 0.0350 e. The van der Waals surface area contributed by atoms with Crippen molar-refractivity contribution in [3.63, 3.8) is 0 Å². The van der Waals surface area contributed by atoms with Crippen LogP contribution < -0.4 is 0 Å². The second-order valence-electron chi connectivity index (χ2n) is 12.7. The average Bonchev–Trinajstić information content (AvgIpc) is 2.54. The van der Waals surface area contributed by atoms with Crippen molar-refractivity contribution >= 4 is 0 Å². The minimum absolute atomic E-state index is 0.360. The van der Waals surface area contributed by atoms with Gasteiger partial charge in [0.15, 0.2) is 0 Å². The summed E-state index contributed by atoms with van der Waals surface area (Å²) in [6.07, 6.45) is 5.67. The molecule has 0 aromatic rings. The number of hydrogen-bond donors (Lipinski definition) is 0. The highest BCUT2D eigenvalue weighted by molar-refractivity contribution is 5.03. The predicted octanol–water partition coefficient (Wildman–Crippen LogP) is 3.38. The average molecular weight is 391 g/mol. The monoisotopic (exact) mass is 390 g/mol. The van der Waals surface area contributed by atoms with E-state index < -0.39 is 0 Å². The third-order valence-corrected chi connectivity index (χ3v) is 8.03. The van der Waals surface area contributed by atoms with E-state index >= 15 is 0 Å². The summed E-state index contributed by atoms with van der Waals surface area (Å²) >= 11 is 0. The first-order valence-corrected chi connectivity index (χ1v) is 12.0. The quantitative estimate of drug-likeness (QED) is 0.732. The van der Waals surface area contributed by atoms with Crippen LogP contribution in [0.3, 0.4) is 0 Å². The molecule has 0 atom stereocenters. The van der Waals surface area contributed by atoms with Gasteiger partial charge in [0.05, 0.1) is 0 Å². The molecule has 28 heavy (non-hydrogen) atoms. The Hall–Kier alpha value is -0.160. The van der Waals surface area contributed by atoms with Gasteiger partial charge >= 0.3 is 0 Å². The number of rotatable bonds is 3. The Morgan fingerprint density at radius 2 is 1.29 bits per heavy atom. The number of likely N-dealkylation sites (tertiary alicyclic amines) is 4. The molecule has 162 valence electrons. The molecular weight excluding hydrogens is 344 g/mol. The Bertz CT molecular complexity index is 516. The van der Waals surface area contributed by atoms with Crippen molar-refractivity contribution in [3.8, 4) is 0 Å². The van der Waals surface area contributed by atoms with Gasteiger partial charge < -0.3 is 4.90 Å². The Morgan fingerprint density at radius 1 is 0.750 bits per heavy atom. The number of nitrogens with zero attached hydrogens (tertiary/aromatic N) is 4. The first-order chi connectivity index (χ1) is 13.0. The zero-order valence-electron chi connectivity index (χ0n) is 19.6. The van der Waals surface area contributed by atoms with Crippen LogP contribution in [0.1, 0.15) is 67.2 Å². The van der Waals surface area contributed by atoms with Gasteiger partial charge in [-0.2, -0.15) is 0 Å². The van der Waals surface area contributed by atoms with E-state index in [4.69, 9.17) is 0 Å². The Kier molecular flexibility index (Phi) is 5.66. The molecule has 4 nitrogen and oxygen atoms in total. The van der Waals surface area contributed by atoms with Crippen LogP contribution in [0.15, 0.2) is 0 Å². The number of hydrogen-bond acceptors (Lipinski definition) is 4. The van der Waals surface area contributed by atoms with Crippen molar-refractivity contribution in [2.75, 3.05) is 58.9 Å². The summed E-state index contributed by atoms with van der Waals surface area (Å²) in [5.41, 5.74) is 1.46. The van der Waals surface area contributed by atoms with E-state index in [1.807, 2.05) is 0 Å². The fourth-order valence-corrected chi connectivity index (χ4v) is 6.11. The first kappa shape index (κ1) is 21.1. The van der Waals surface area contributed by atoms with Gasteiger partial charge in [-0.05, 0) is 70.4 Å². The normalized spacial score (nSPS) is 29.8. The standard InChI is InChI=1S/C24H46N4/c1-22(2,3)17-25-15-21(16-25)26-11-7-20(8-12-26)27-13-9-24(10-14-27)18-28(19-24)23(4,5)6/h20-21H,7-19H2,1-6H3. The lowest BCUT2D eigenvalue weighted by atomic mass is 9.70. The maximum Gasteiger partial charge on any atom is 0.0350 e. The van der Waals surface area contributed by atoms with Crippen LogP contribution >= 0.6 is 0 Å². The molecule has 0 N–H and O–H groups in total. The highest BCUT2D eigenvalue weighted by Gasteiger charge is 2.48. The van der Waals surface area contributed by atoms with Gasteiger partial charge in [0.1, 0.15) is 0 Å². The van der Waals surface area contributed by atoms with Crippen LogP contribution in [0.25, 0.3) is 0 Å². The summed E-state index contributed by atoms with van der Waals surface area (Å²) in [7, 11) is 0. The third-order valence-electron chi connectivity index (χ3n) is 8.03. The Labute approximate surface area is 174 Å². The zero-order chi connectivity index (χ0) is 20.2. The van der Waals surface area contributed by atoms with E-state index in [1.165, 1.54) is 84.6 Å². The molecule has 4 fully saturated rings. The van der Waals surface area contributed by atoms with Crippen molar-refractivity contribution < 1.29 is 0 Å². The molecule has 0 aromatic carbocycles. The predicted molar refractivity (Wildman–Crippen MR) is 119 cm³/mol. The van der Waals surface area contributed by atoms with Crippen LogP contribution in [0.4, 0.5) is 0 Å². The van der Waals surface area contributed by atoms with Crippen molar-refractivity contribution in [2.45, 2.75) is 84.8 Å². The topological polar surface area (TPSA) is 13.0 Å². The highest BCUT2D eigenvalue weighted by Crippen LogP contribution is 2.44. The lowest BCUT2D eigenvalue weighted by molar-refractivity contribution is -0.0979. The summed E-state index contributed by atoms with van der Waals surface area (Å²) in [4.78, 5) is 11.0. The molecule has 0 bridgehead atoms. The van der Waals surface area contributed by atoms with Gasteiger partial charge in [-0.3, -0.25) is 14.7 Å². The molecule has 1 spiro atoms. The van der Waals surface area contributed by atoms with Crippen molar-refractivity contribution in [1.29, 1.82) is 0 Å². The van der Waals surface area contributed by atoms with Crippen molar-refractivity contribution in [3.05, 3.63) is 0 Å². The molecular formula is C24H46N4. The van der Waals surface area contributed by atoms with E-state index in [2.05, 4.69) is 61.1 Å². The van der Waals surface area contributed by atoms with Crippen LogP contribution in [0.2, 0.25) is 0 Å². The SMILES string of the molecule is CC(C)(C)CN1CC(N2CCC(N3CCC4(CC3)CN(C(C)(C)C)C4)CC2)C1. The summed E-state index contributed by atoms with van der Waals surface area (Å²) < 4.78 is 0. The molecule has 4 heterocycles.